The minimum Gasteiger partial charge on any atom is -0.334 e. The normalized spacial score (nSPS) is 13.8. The zero-order chi connectivity index (χ0) is 16.7. The molecule has 120 valence electrons. The number of benzene rings is 1. The standard InChI is InChI=1S/C17H24N2O3/c1-5-13(3)18(14(4)6-2)17(20)12-9-15-7-10-16(11-8-15)19(21)22/h7-14H,5-6H2,1-4H3/b12-9+. The van der Waals surface area contributed by atoms with Crippen LogP contribution in [0.3, 0.4) is 0 Å². The molecule has 22 heavy (non-hydrogen) atoms. The molecule has 0 aliphatic carbocycles. The molecule has 0 saturated heterocycles. The molecule has 0 bridgehead atoms. The third-order valence-corrected chi connectivity index (χ3v) is 3.91. The van der Waals surface area contributed by atoms with Crippen LogP contribution in [0.5, 0.6) is 0 Å². The van der Waals surface area contributed by atoms with Gasteiger partial charge in [0.1, 0.15) is 0 Å². The molecular weight excluding hydrogens is 280 g/mol. The summed E-state index contributed by atoms with van der Waals surface area (Å²) in [5.41, 5.74) is 0.816. The summed E-state index contributed by atoms with van der Waals surface area (Å²) < 4.78 is 0. The molecule has 0 saturated carbocycles. The maximum Gasteiger partial charge on any atom is 0.269 e. The van der Waals surface area contributed by atoms with Crippen molar-refractivity contribution in [1.82, 2.24) is 4.90 Å². The minimum atomic E-state index is -0.438. The topological polar surface area (TPSA) is 63.5 Å². The van der Waals surface area contributed by atoms with Crippen LogP contribution in [-0.4, -0.2) is 27.8 Å². The quantitative estimate of drug-likeness (QED) is 0.434. The molecule has 0 spiro atoms. The predicted octanol–water partition coefficient (Wildman–Crippen LogP) is 4.03. The van der Waals surface area contributed by atoms with Gasteiger partial charge in [-0.3, -0.25) is 14.9 Å². The number of non-ortho nitro benzene ring substituents is 1. The Hall–Kier alpha value is -2.17. The molecule has 2 atom stereocenters. The van der Waals surface area contributed by atoms with E-state index in [1.165, 1.54) is 12.1 Å². The highest BCUT2D eigenvalue weighted by Gasteiger charge is 2.21. The first kappa shape index (κ1) is 17.9. The van der Waals surface area contributed by atoms with E-state index in [0.717, 1.165) is 18.4 Å². The molecule has 5 nitrogen and oxygen atoms in total. The van der Waals surface area contributed by atoms with Crippen molar-refractivity contribution in [1.29, 1.82) is 0 Å². The average Bonchev–Trinajstić information content (AvgIpc) is 2.52. The van der Waals surface area contributed by atoms with Crippen LogP contribution in [0.4, 0.5) is 5.69 Å². The lowest BCUT2D eigenvalue weighted by Crippen LogP contribution is -2.43. The Morgan fingerprint density at radius 1 is 1.18 bits per heavy atom. The lowest BCUT2D eigenvalue weighted by atomic mass is 10.1. The van der Waals surface area contributed by atoms with Crippen LogP contribution in [-0.2, 0) is 4.79 Å². The summed E-state index contributed by atoms with van der Waals surface area (Å²) in [5, 5.41) is 10.6. The third-order valence-electron chi connectivity index (χ3n) is 3.91. The fourth-order valence-corrected chi connectivity index (χ4v) is 2.22. The van der Waals surface area contributed by atoms with Crippen LogP contribution in [0.25, 0.3) is 6.08 Å². The van der Waals surface area contributed by atoms with E-state index in [1.807, 2.05) is 18.7 Å². The summed E-state index contributed by atoms with van der Waals surface area (Å²) in [5.74, 6) is -0.0259. The van der Waals surface area contributed by atoms with E-state index in [1.54, 1.807) is 24.3 Å². The Balaban J connectivity index is 2.85. The molecule has 1 amide bonds. The van der Waals surface area contributed by atoms with Gasteiger partial charge in [0, 0.05) is 30.3 Å². The highest BCUT2D eigenvalue weighted by atomic mass is 16.6. The van der Waals surface area contributed by atoms with Gasteiger partial charge in [-0.2, -0.15) is 0 Å². The maximum absolute atomic E-state index is 12.4. The zero-order valence-electron chi connectivity index (χ0n) is 13.7. The van der Waals surface area contributed by atoms with Crippen molar-refractivity contribution in [3.63, 3.8) is 0 Å². The second kappa shape index (κ2) is 8.32. The van der Waals surface area contributed by atoms with Gasteiger partial charge in [-0.15, -0.1) is 0 Å². The third kappa shape index (κ3) is 4.69. The summed E-state index contributed by atoms with van der Waals surface area (Å²) in [4.78, 5) is 24.5. The number of carbonyl (C=O) groups is 1. The number of rotatable bonds is 7. The Labute approximate surface area is 131 Å². The van der Waals surface area contributed by atoms with Crippen LogP contribution in [0, 0.1) is 10.1 Å². The molecule has 1 aromatic rings. The van der Waals surface area contributed by atoms with Gasteiger partial charge in [-0.25, -0.2) is 0 Å². The van der Waals surface area contributed by atoms with Crippen molar-refractivity contribution in [3.8, 4) is 0 Å². The van der Waals surface area contributed by atoms with Gasteiger partial charge in [0.05, 0.1) is 4.92 Å². The number of nitro groups is 1. The smallest absolute Gasteiger partial charge is 0.269 e. The Kier molecular flexibility index (Phi) is 6.76. The van der Waals surface area contributed by atoms with Crippen molar-refractivity contribution in [2.45, 2.75) is 52.6 Å². The highest BCUT2D eigenvalue weighted by Crippen LogP contribution is 2.15. The van der Waals surface area contributed by atoms with Crippen molar-refractivity contribution in [2.24, 2.45) is 0 Å². The number of amides is 1. The molecule has 0 radical (unpaired) electrons. The monoisotopic (exact) mass is 304 g/mol. The predicted molar refractivity (Wildman–Crippen MR) is 88.5 cm³/mol. The van der Waals surface area contributed by atoms with E-state index in [2.05, 4.69) is 13.8 Å². The van der Waals surface area contributed by atoms with Crippen molar-refractivity contribution in [2.75, 3.05) is 0 Å². The highest BCUT2D eigenvalue weighted by molar-refractivity contribution is 5.92. The van der Waals surface area contributed by atoms with Crippen LogP contribution in [0.2, 0.25) is 0 Å². The number of hydrogen-bond acceptors (Lipinski definition) is 3. The number of nitrogens with zero attached hydrogens (tertiary/aromatic N) is 2. The van der Waals surface area contributed by atoms with E-state index in [9.17, 15) is 14.9 Å². The van der Waals surface area contributed by atoms with Gasteiger partial charge in [-0.1, -0.05) is 13.8 Å². The van der Waals surface area contributed by atoms with Gasteiger partial charge in [0.25, 0.3) is 5.69 Å². The largest absolute Gasteiger partial charge is 0.334 e. The van der Waals surface area contributed by atoms with Gasteiger partial charge >= 0.3 is 0 Å². The van der Waals surface area contributed by atoms with E-state index >= 15 is 0 Å². The fraction of sp³-hybridized carbons (Fsp3) is 0.471. The summed E-state index contributed by atoms with van der Waals surface area (Å²) >= 11 is 0. The first-order valence-electron chi connectivity index (χ1n) is 7.65. The molecule has 0 heterocycles. The lowest BCUT2D eigenvalue weighted by Gasteiger charge is -2.33. The Morgan fingerprint density at radius 3 is 2.09 bits per heavy atom. The summed E-state index contributed by atoms with van der Waals surface area (Å²) in [7, 11) is 0. The van der Waals surface area contributed by atoms with Crippen LogP contribution in [0.1, 0.15) is 46.1 Å². The van der Waals surface area contributed by atoms with Crippen molar-refractivity contribution < 1.29 is 9.72 Å². The van der Waals surface area contributed by atoms with Gasteiger partial charge in [0.15, 0.2) is 0 Å². The molecule has 0 aromatic heterocycles. The molecule has 0 fully saturated rings. The van der Waals surface area contributed by atoms with Crippen LogP contribution >= 0.6 is 0 Å². The SMILES string of the molecule is CCC(C)N(C(=O)/C=C/c1ccc([N+](=O)[O-])cc1)C(C)CC. The van der Waals surface area contributed by atoms with Crippen molar-refractivity contribution >= 4 is 17.7 Å². The van der Waals surface area contributed by atoms with Gasteiger partial charge in [-0.05, 0) is 50.5 Å². The number of hydrogen-bond donors (Lipinski definition) is 0. The molecule has 0 aliphatic heterocycles. The molecule has 1 aromatic carbocycles. The Morgan fingerprint density at radius 2 is 1.68 bits per heavy atom. The van der Waals surface area contributed by atoms with Crippen LogP contribution < -0.4 is 0 Å². The molecule has 0 N–H and O–H groups in total. The maximum atomic E-state index is 12.4. The zero-order valence-corrected chi connectivity index (χ0v) is 13.7. The van der Waals surface area contributed by atoms with E-state index in [0.29, 0.717) is 0 Å². The van der Waals surface area contributed by atoms with Crippen molar-refractivity contribution in [3.05, 3.63) is 46.0 Å². The summed E-state index contributed by atoms with van der Waals surface area (Å²) in [6.45, 7) is 8.22. The van der Waals surface area contributed by atoms with Gasteiger partial charge in [0.2, 0.25) is 5.91 Å². The first-order valence-corrected chi connectivity index (χ1v) is 7.65. The molecule has 1 rings (SSSR count). The second-order valence-corrected chi connectivity index (χ2v) is 5.44. The second-order valence-electron chi connectivity index (χ2n) is 5.44. The molecule has 2 unspecified atom stereocenters. The summed E-state index contributed by atoms with van der Waals surface area (Å²) in [6.07, 6.45) is 5.05. The first-order chi connectivity index (χ1) is 10.4. The fourth-order valence-electron chi connectivity index (χ4n) is 2.22. The summed E-state index contributed by atoms with van der Waals surface area (Å²) in [6, 6.07) is 6.52. The Bertz CT molecular complexity index is 527. The lowest BCUT2D eigenvalue weighted by molar-refractivity contribution is -0.384. The number of carbonyl (C=O) groups excluding carboxylic acids is 1. The molecular formula is C17H24N2O3. The van der Waals surface area contributed by atoms with Crippen LogP contribution in [0.15, 0.2) is 30.3 Å². The van der Waals surface area contributed by atoms with E-state index in [4.69, 9.17) is 0 Å². The minimum absolute atomic E-state index is 0.0259. The van der Waals surface area contributed by atoms with Gasteiger partial charge < -0.3 is 4.90 Å². The molecule has 0 aliphatic rings. The average molecular weight is 304 g/mol. The van der Waals surface area contributed by atoms with E-state index < -0.39 is 4.92 Å². The molecule has 5 heteroatoms. The van der Waals surface area contributed by atoms with E-state index in [-0.39, 0.29) is 23.7 Å². The number of nitro benzene ring substituents is 1.